The number of hydrogen-bond donors (Lipinski definition) is 4. The van der Waals surface area contributed by atoms with E-state index >= 15 is 0 Å². The molecule has 0 aromatic rings. The molecule has 0 aliphatic rings. The Morgan fingerprint density at radius 3 is 1.82 bits per heavy atom. The molecule has 34 heavy (non-hydrogen) atoms. The number of esters is 1. The Morgan fingerprint density at radius 2 is 1.35 bits per heavy atom. The molecule has 0 spiro atoms. The Kier molecular flexibility index (Phi) is 13.8. The van der Waals surface area contributed by atoms with Gasteiger partial charge in [0.1, 0.15) is 11.2 Å². The Hall–Kier alpha value is -2.89. The second-order valence-electron chi connectivity index (χ2n) is 9.42. The molecular formula is C22H41N5O7. The van der Waals surface area contributed by atoms with E-state index in [4.69, 9.17) is 19.9 Å². The molecule has 12 heteroatoms. The predicted molar refractivity (Wildman–Crippen MR) is 127 cm³/mol. The number of carbonyl (C=O) groups is 4. The van der Waals surface area contributed by atoms with Crippen LogP contribution in [0.1, 0.15) is 74.1 Å². The second kappa shape index (κ2) is 15.1. The van der Waals surface area contributed by atoms with Crippen LogP contribution in [0.5, 0.6) is 0 Å². The molecule has 1 unspecified atom stereocenters. The number of guanidine groups is 1. The van der Waals surface area contributed by atoms with Gasteiger partial charge in [0.2, 0.25) is 11.9 Å². The van der Waals surface area contributed by atoms with Gasteiger partial charge in [-0.3, -0.25) is 20.4 Å². The minimum atomic E-state index is -1.33. The molecule has 0 bridgehead atoms. The zero-order chi connectivity index (χ0) is 26.4. The van der Waals surface area contributed by atoms with Crippen LogP contribution in [0.4, 0.5) is 9.59 Å². The quantitative estimate of drug-likeness (QED) is 0.0904. The normalized spacial score (nSPS) is 12.1. The highest BCUT2D eigenvalue weighted by atomic mass is 16.6. The molecule has 0 aromatic heterocycles. The van der Waals surface area contributed by atoms with Gasteiger partial charge in [-0.1, -0.05) is 12.8 Å². The van der Waals surface area contributed by atoms with Crippen LogP contribution in [0, 0.1) is 0 Å². The van der Waals surface area contributed by atoms with E-state index in [9.17, 15) is 19.2 Å². The maximum absolute atomic E-state index is 12.0. The highest BCUT2D eigenvalue weighted by Gasteiger charge is 2.23. The first-order valence-corrected chi connectivity index (χ1v) is 11.4. The molecule has 3 amide bonds. The Balaban J connectivity index is 4.50. The minimum Gasteiger partial charge on any atom is -0.464 e. The van der Waals surface area contributed by atoms with Crippen molar-refractivity contribution in [1.82, 2.24) is 16.0 Å². The summed E-state index contributed by atoms with van der Waals surface area (Å²) < 4.78 is 15.1. The maximum atomic E-state index is 12.0. The fourth-order valence-corrected chi connectivity index (χ4v) is 2.35. The van der Waals surface area contributed by atoms with Gasteiger partial charge in [0.25, 0.3) is 0 Å². The van der Waals surface area contributed by atoms with Crippen molar-refractivity contribution in [2.75, 3.05) is 19.7 Å². The van der Waals surface area contributed by atoms with Crippen LogP contribution in [0.15, 0.2) is 4.99 Å². The summed E-state index contributed by atoms with van der Waals surface area (Å²) in [7, 11) is 0. The number of amides is 3. The predicted octanol–water partition coefficient (Wildman–Crippen LogP) is 1.96. The lowest BCUT2D eigenvalue weighted by atomic mass is 10.2. The number of ether oxygens (including phenoxy) is 3. The van der Waals surface area contributed by atoms with Gasteiger partial charge in [0.15, 0.2) is 6.04 Å². The van der Waals surface area contributed by atoms with Crippen LogP contribution < -0.4 is 21.7 Å². The van der Waals surface area contributed by atoms with Crippen LogP contribution in [0.25, 0.3) is 0 Å². The first kappa shape index (κ1) is 31.1. The second-order valence-corrected chi connectivity index (χ2v) is 9.42. The lowest BCUT2D eigenvalue weighted by Gasteiger charge is -2.22. The van der Waals surface area contributed by atoms with Gasteiger partial charge in [0.05, 0.1) is 6.61 Å². The van der Waals surface area contributed by atoms with E-state index in [0.29, 0.717) is 25.9 Å². The lowest BCUT2D eigenvalue weighted by molar-refractivity contribution is -0.148. The number of unbranched alkanes of at least 4 members (excludes halogenated alkanes) is 3. The van der Waals surface area contributed by atoms with E-state index in [1.807, 2.05) is 0 Å². The average Bonchev–Trinajstić information content (AvgIpc) is 2.66. The molecular weight excluding hydrogens is 446 g/mol. The van der Waals surface area contributed by atoms with Crippen LogP contribution in [-0.2, 0) is 23.8 Å². The number of alkyl carbamates (subject to hydrolysis) is 2. The topological polar surface area (TPSA) is 170 Å². The number of rotatable bonds is 10. The highest BCUT2D eigenvalue weighted by molar-refractivity contribution is 6.02. The van der Waals surface area contributed by atoms with Gasteiger partial charge in [-0.05, 0) is 61.3 Å². The Bertz CT molecular complexity index is 679. The Morgan fingerprint density at radius 1 is 0.853 bits per heavy atom. The molecule has 0 aliphatic carbocycles. The third kappa shape index (κ3) is 16.7. The zero-order valence-corrected chi connectivity index (χ0v) is 21.4. The van der Waals surface area contributed by atoms with Crippen molar-refractivity contribution in [2.24, 2.45) is 10.7 Å². The van der Waals surface area contributed by atoms with Gasteiger partial charge in [0, 0.05) is 13.1 Å². The number of hydrogen-bond acceptors (Lipinski definition) is 9. The molecule has 0 radical (unpaired) electrons. The van der Waals surface area contributed by atoms with Crippen LogP contribution in [-0.4, -0.2) is 67.0 Å². The summed E-state index contributed by atoms with van der Waals surface area (Å²) in [5, 5.41) is 7.44. The summed E-state index contributed by atoms with van der Waals surface area (Å²) in [5.41, 5.74) is 4.09. The van der Waals surface area contributed by atoms with Crippen molar-refractivity contribution in [1.29, 1.82) is 0 Å². The summed E-state index contributed by atoms with van der Waals surface area (Å²) in [5.74, 6) is -1.40. The molecule has 5 N–H and O–H groups in total. The monoisotopic (exact) mass is 487 g/mol. The standard InChI is InChI=1S/C22H41N5O7/c1-8-32-17(29)15(23)16(28)24-13-11-9-10-12-14-25-18(26-19(30)33-21(2,3)4)27-20(31)34-22(5,6)7/h15H,8-14,23H2,1-7H3,(H,24,28)(H2,25,26,27,30,31). The van der Waals surface area contributed by atoms with E-state index in [0.717, 1.165) is 12.8 Å². The fraction of sp³-hybridized carbons (Fsp3) is 0.773. The first-order valence-electron chi connectivity index (χ1n) is 11.4. The fourth-order valence-electron chi connectivity index (χ4n) is 2.35. The molecule has 12 nitrogen and oxygen atoms in total. The molecule has 0 aliphatic heterocycles. The van der Waals surface area contributed by atoms with Gasteiger partial charge in [-0.25, -0.2) is 14.4 Å². The van der Waals surface area contributed by atoms with Gasteiger partial charge >= 0.3 is 18.2 Å². The van der Waals surface area contributed by atoms with Gasteiger partial charge < -0.3 is 25.3 Å². The summed E-state index contributed by atoms with van der Waals surface area (Å²) in [6.45, 7) is 12.8. The molecule has 0 fully saturated rings. The van der Waals surface area contributed by atoms with E-state index in [-0.39, 0.29) is 12.6 Å². The molecule has 0 rings (SSSR count). The maximum Gasteiger partial charge on any atom is 0.414 e. The minimum absolute atomic E-state index is 0.0660. The van der Waals surface area contributed by atoms with Crippen molar-refractivity contribution in [3.63, 3.8) is 0 Å². The van der Waals surface area contributed by atoms with Crippen molar-refractivity contribution < 1.29 is 33.4 Å². The summed E-state index contributed by atoms with van der Waals surface area (Å²) >= 11 is 0. The van der Waals surface area contributed by atoms with Crippen molar-refractivity contribution in [3.05, 3.63) is 0 Å². The molecule has 0 heterocycles. The summed E-state index contributed by atoms with van der Waals surface area (Å²) in [4.78, 5) is 51.5. The lowest BCUT2D eigenvalue weighted by Crippen LogP contribution is -2.47. The molecule has 0 aromatic carbocycles. The van der Waals surface area contributed by atoms with Crippen LogP contribution >= 0.6 is 0 Å². The third-order valence-electron chi connectivity index (χ3n) is 3.72. The molecule has 1 atom stereocenters. The molecule has 0 saturated carbocycles. The smallest absolute Gasteiger partial charge is 0.414 e. The van der Waals surface area contributed by atoms with Crippen molar-refractivity contribution in [3.8, 4) is 0 Å². The SMILES string of the molecule is CCOC(=O)C(N)C(=O)NCCCCCCN=C(NC(=O)OC(C)(C)C)NC(=O)OC(C)(C)C. The molecule has 196 valence electrons. The molecule has 0 saturated heterocycles. The number of nitrogens with one attached hydrogen (secondary N) is 3. The summed E-state index contributed by atoms with van der Waals surface area (Å²) in [6.07, 6.45) is 1.43. The number of nitrogens with zero attached hydrogens (tertiary/aromatic N) is 1. The number of carbonyl (C=O) groups excluding carboxylic acids is 4. The summed E-state index contributed by atoms with van der Waals surface area (Å²) in [6, 6.07) is -1.33. The largest absolute Gasteiger partial charge is 0.464 e. The van der Waals surface area contributed by atoms with E-state index in [1.165, 1.54) is 0 Å². The number of nitrogens with two attached hydrogens (primary N) is 1. The van der Waals surface area contributed by atoms with E-state index < -0.39 is 41.3 Å². The van der Waals surface area contributed by atoms with Crippen molar-refractivity contribution >= 4 is 30.0 Å². The average molecular weight is 488 g/mol. The van der Waals surface area contributed by atoms with Crippen LogP contribution in [0.3, 0.4) is 0 Å². The van der Waals surface area contributed by atoms with E-state index in [1.54, 1.807) is 48.5 Å². The van der Waals surface area contributed by atoms with Crippen molar-refractivity contribution in [2.45, 2.75) is 91.4 Å². The van der Waals surface area contributed by atoms with Crippen LogP contribution in [0.2, 0.25) is 0 Å². The van der Waals surface area contributed by atoms with Gasteiger partial charge in [-0.15, -0.1) is 0 Å². The highest BCUT2D eigenvalue weighted by Crippen LogP contribution is 2.08. The third-order valence-corrected chi connectivity index (χ3v) is 3.72. The Labute approximate surface area is 201 Å². The zero-order valence-electron chi connectivity index (χ0n) is 21.4. The van der Waals surface area contributed by atoms with E-state index in [2.05, 4.69) is 20.9 Å². The number of aliphatic imine (C=N–C) groups is 1. The van der Waals surface area contributed by atoms with Gasteiger partial charge in [-0.2, -0.15) is 0 Å². The first-order chi connectivity index (χ1) is 15.6.